The van der Waals surface area contributed by atoms with Crippen molar-refractivity contribution in [2.24, 2.45) is 0 Å². The zero-order valence-corrected chi connectivity index (χ0v) is 16.2. The van der Waals surface area contributed by atoms with Crippen LogP contribution in [0, 0.1) is 0 Å². The van der Waals surface area contributed by atoms with Gasteiger partial charge in [0.2, 0.25) is 5.91 Å². The van der Waals surface area contributed by atoms with E-state index < -0.39 is 10.2 Å². The molecule has 6 nitrogen and oxygen atoms in total. The Labute approximate surface area is 157 Å². The van der Waals surface area contributed by atoms with Gasteiger partial charge in [0.25, 0.3) is 0 Å². The fourth-order valence-electron chi connectivity index (χ4n) is 3.71. The second-order valence-corrected chi connectivity index (χ2v) is 9.30. The van der Waals surface area contributed by atoms with Crippen LogP contribution in [0.25, 0.3) is 0 Å². The number of para-hydroxylation sites is 2. The number of hydrogen-bond acceptors (Lipinski definition) is 4. The molecule has 0 saturated carbocycles. The Kier molecular flexibility index (Phi) is 4.40. The summed E-state index contributed by atoms with van der Waals surface area (Å²) in [6.07, 6.45) is 1.72. The molecule has 0 unspecified atom stereocenters. The third-order valence-electron chi connectivity index (χ3n) is 5.14. The second-order valence-electron chi connectivity index (χ2n) is 6.68. The Morgan fingerprint density at radius 2 is 1.85 bits per heavy atom. The van der Waals surface area contributed by atoms with Gasteiger partial charge in [0.05, 0.1) is 23.8 Å². The SMILES string of the molecule is CN1c2ccccc2N(C2CCN(C(=O)Cc3ccsc3)CC2)S1(=O)=O. The van der Waals surface area contributed by atoms with Gasteiger partial charge in [-0.3, -0.25) is 9.10 Å². The van der Waals surface area contributed by atoms with E-state index in [1.165, 1.54) is 4.31 Å². The summed E-state index contributed by atoms with van der Waals surface area (Å²) < 4.78 is 28.6. The largest absolute Gasteiger partial charge is 0.342 e. The average molecular weight is 392 g/mol. The predicted octanol–water partition coefficient (Wildman–Crippen LogP) is 2.48. The Morgan fingerprint density at radius 3 is 2.50 bits per heavy atom. The lowest BCUT2D eigenvalue weighted by Gasteiger charge is -2.36. The number of nitrogens with zero attached hydrogens (tertiary/aromatic N) is 3. The normalized spacial score (nSPS) is 19.7. The van der Waals surface area contributed by atoms with Crippen molar-refractivity contribution in [3.63, 3.8) is 0 Å². The number of carbonyl (C=O) groups is 1. The summed E-state index contributed by atoms with van der Waals surface area (Å²) in [6.45, 7) is 1.18. The molecule has 0 aliphatic carbocycles. The van der Waals surface area contributed by atoms with Crippen LogP contribution in [-0.4, -0.2) is 45.4 Å². The lowest BCUT2D eigenvalue weighted by molar-refractivity contribution is -0.131. The molecule has 1 saturated heterocycles. The third kappa shape index (κ3) is 2.87. The van der Waals surface area contributed by atoms with E-state index in [0.717, 1.165) is 11.3 Å². The third-order valence-corrected chi connectivity index (χ3v) is 7.75. The quantitative estimate of drug-likeness (QED) is 0.808. The number of carbonyl (C=O) groups excluding carboxylic acids is 1. The molecule has 1 aromatic carbocycles. The summed E-state index contributed by atoms with van der Waals surface area (Å²) in [7, 11) is -1.95. The summed E-state index contributed by atoms with van der Waals surface area (Å²) >= 11 is 1.59. The van der Waals surface area contributed by atoms with Crippen LogP contribution in [0.4, 0.5) is 11.4 Å². The van der Waals surface area contributed by atoms with Crippen LogP contribution in [0.3, 0.4) is 0 Å². The van der Waals surface area contributed by atoms with Gasteiger partial charge in [0, 0.05) is 20.1 Å². The first-order valence-corrected chi connectivity index (χ1v) is 11.0. The van der Waals surface area contributed by atoms with Gasteiger partial charge in [-0.25, -0.2) is 4.31 Å². The molecule has 1 aromatic heterocycles. The molecule has 2 aliphatic rings. The van der Waals surface area contributed by atoms with Crippen LogP contribution in [0.15, 0.2) is 41.1 Å². The van der Waals surface area contributed by atoms with Crippen LogP contribution in [0.1, 0.15) is 18.4 Å². The van der Waals surface area contributed by atoms with E-state index in [1.807, 2.05) is 46.0 Å². The van der Waals surface area contributed by atoms with E-state index in [0.29, 0.717) is 38.0 Å². The first kappa shape index (κ1) is 17.4. The van der Waals surface area contributed by atoms with Crippen molar-refractivity contribution < 1.29 is 13.2 Å². The van der Waals surface area contributed by atoms with Gasteiger partial charge in [-0.05, 0) is 47.4 Å². The first-order valence-electron chi connectivity index (χ1n) is 8.64. The lowest BCUT2D eigenvalue weighted by Crippen LogP contribution is -2.49. The Hall–Kier alpha value is -2.06. The fourth-order valence-corrected chi connectivity index (χ4v) is 6.04. The molecule has 0 bridgehead atoms. The highest BCUT2D eigenvalue weighted by Gasteiger charge is 2.43. The van der Waals surface area contributed by atoms with Crippen molar-refractivity contribution in [3.8, 4) is 0 Å². The van der Waals surface area contributed by atoms with Gasteiger partial charge in [0.15, 0.2) is 0 Å². The molecule has 0 atom stereocenters. The molecule has 138 valence electrons. The second kappa shape index (κ2) is 6.59. The molecule has 0 radical (unpaired) electrons. The lowest BCUT2D eigenvalue weighted by atomic mass is 10.0. The van der Waals surface area contributed by atoms with Gasteiger partial charge >= 0.3 is 10.2 Å². The molecule has 0 N–H and O–H groups in total. The number of thiophene rings is 1. The van der Waals surface area contributed by atoms with Crippen LogP contribution in [0.2, 0.25) is 0 Å². The van der Waals surface area contributed by atoms with Crippen LogP contribution >= 0.6 is 11.3 Å². The molecule has 0 spiro atoms. The summed E-state index contributed by atoms with van der Waals surface area (Å²) in [4.78, 5) is 14.3. The van der Waals surface area contributed by atoms with Crippen molar-refractivity contribution in [2.75, 3.05) is 28.7 Å². The van der Waals surface area contributed by atoms with Crippen molar-refractivity contribution in [3.05, 3.63) is 46.7 Å². The smallest absolute Gasteiger partial charge is 0.326 e. The molecule has 26 heavy (non-hydrogen) atoms. The fraction of sp³-hybridized carbons (Fsp3) is 0.389. The van der Waals surface area contributed by atoms with Gasteiger partial charge in [0.1, 0.15) is 0 Å². The Balaban J connectivity index is 1.47. The topological polar surface area (TPSA) is 60.9 Å². The first-order chi connectivity index (χ1) is 12.5. The van der Waals surface area contributed by atoms with Crippen molar-refractivity contribution >= 4 is 38.8 Å². The average Bonchev–Trinajstić information content (AvgIpc) is 3.21. The number of likely N-dealkylation sites (tertiary alicyclic amines) is 1. The number of anilines is 2. The molecule has 2 aromatic rings. The minimum Gasteiger partial charge on any atom is -0.342 e. The Bertz CT molecular complexity index is 904. The van der Waals surface area contributed by atoms with Gasteiger partial charge in [-0.2, -0.15) is 19.8 Å². The summed E-state index contributed by atoms with van der Waals surface area (Å²) in [5.41, 5.74) is 2.49. The van der Waals surface area contributed by atoms with Crippen molar-refractivity contribution in [1.29, 1.82) is 0 Å². The van der Waals surface area contributed by atoms with E-state index in [4.69, 9.17) is 0 Å². The van der Waals surface area contributed by atoms with E-state index >= 15 is 0 Å². The van der Waals surface area contributed by atoms with Crippen molar-refractivity contribution in [1.82, 2.24) is 4.90 Å². The summed E-state index contributed by atoms with van der Waals surface area (Å²) in [5, 5.41) is 3.97. The molecule has 1 fully saturated rings. The zero-order chi connectivity index (χ0) is 18.3. The highest BCUT2D eigenvalue weighted by molar-refractivity contribution is 7.94. The minimum absolute atomic E-state index is 0.114. The molecule has 4 rings (SSSR count). The molecular weight excluding hydrogens is 370 g/mol. The highest BCUT2D eigenvalue weighted by Crippen LogP contribution is 2.42. The monoisotopic (exact) mass is 391 g/mol. The van der Waals surface area contributed by atoms with E-state index in [1.54, 1.807) is 22.7 Å². The maximum atomic E-state index is 12.8. The Morgan fingerprint density at radius 1 is 1.15 bits per heavy atom. The molecule has 2 aliphatic heterocycles. The summed E-state index contributed by atoms with van der Waals surface area (Å²) in [6, 6.07) is 9.24. The van der Waals surface area contributed by atoms with E-state index in [-0.39, 0.29) is 11.9 Å². The predicted molar refractivity (Wildman–Crippen MR) is 104 cm³/mol. The summed E-state index contributed by atoms with van der Waals surface area (Å²) in [5.74, 6) is 0.114. The zero-order valence-electron chi connectivity index (χ0n) is 14.5. The van der Waals surface area contributed by atoms with Gasteiger partial charge < -0.3 is 4.90 Å². The minimum atomic E-state index is -3.54. The molecule has 3 heterocycles. The highest BCUT2D eigenvalue weighted by atomic mass is 32.2. The molecule has 8 heteroatoms. The maximum Gasteiger partial charge on any atom is 0.326 e. The standard InChI is InChI=1S/C18H21N3O3S2/c1-19-16-4-2-3-5-17(16)21(26(19,23)24)15-6-9-20(10-7-15)18(22)12-14-8-11-25-13-14/h2-5,8,11,13,15H,6-7,9-10,12H2,1H3. The number of hydrogen-bond donors (Lipinski definition) is 0. The number of fused-ring (bicyclic) bond motifs is 1. The molecular formula is C18H21N3O3S2. The van der Waals surface area contributed by atoms with E-state index in [9.17, 15) is 13.2 Å². The molecule has 1 amide bonds. The van der Waals surface area contributed by atoms with Gasteiger partial charge in [-0.1, -0.05) is 12.1 Å². The van der Waals surface area contributed by atoms with E-state index in [2.05, 4.69) is 0 Å². The van der Waals surface area contributed by atoms with Crippen LogP contribution in [-0.2, 0) is 21.4 Å². The number of amides is 1. The maximum absolute atomic E-state index is 12.8. The number of piperidine rings is 1. The van der Waals surface area contributed by atoms with Crippen LogP contribution in [0.5, 0.6) is 0 Å². The number of rotatable bonds is 3. The van der Waals surface area contributed by atoms with Crippen LogP contribution < -0.4 is 8.61 Å². The van der Waals surface area contributed by atoms with Gasteiger partial charge in [-0.15, -0.1) is 0 Å². The number of benzene rings is 1. The van der Waals surface area contributed by atoms with Crippen molar-refractivity contribution in [2.45, 2.75) is 25.3 Å².